The number of imide groups is 1. The Labute approximate surface area is 200 Å². The fourth-order valence-corrected chi connectivity index (χ4v) is 4.05. The van der Waals surface area contributed by atoms with E-state index in [0.717, 1.165) is 23.1 Å². The van der Waals surface area contributed by atoms with Gasteiger partial charge in [-0.05, 0) is 67.9 Å². The van der Waals surface area contributed by atoms with Gasteiger partial charge in [-0.3, -0.25) is 14.5 Å². The number of halogens is 1. The lowest BCUT2D eigenvalue weighted by atomic mass is 10.1. The number of hydrogen-bond acceptors (Lipinski definition) is 8. The molecule has 0 aliphatic carbocycles. The third-order valence-electron chi connectivity index (χ3n) is 4.76. The van der Waals surface area contributed by atoms with Crippen molar-refractivity contribution in [3.63, 3.8) is 0 Å². The van der Waals surface area contributed by atoms with Crippen LogP contribution in [0.5, 0.6) is 11.5 Å². The predicted octanol–water partition coefficient (Wildman–Crippen LogP) is 5.53. The van der Waals surface area contributed by atoms with E-state index in [1.54, 1.807) is 18.2 Å². The van der Waals surface area contributed by atoms with E-state index in [4.69, 9.17) is 25.5 Å². The summed E-state index contributed by atoms with van der Waals surface area (Å²) in [5.74, 6) is 0.0621. The molecule has 10 heteroatoms. The SMILES string of the molecule is CCOc1cc(/C=C2/SC(=O)N(Cc3ccc(C(=O)OC)o3)C2=O)cc(Cl)c1O[C@@H](C)CC. The highest BCUT2D eigenvalue weighted by Crippen LogP contribution is 2.40. The van der Waals surface area contributed by atoms with Crippen LogP contribution in [0.3, 0.4) is 0 Å². The highest BCUT2D eigenvalue weighted by Gasteiger charge is 2.36. The summed E-state index contributed by atoms with van der Waals surface area (Å²) < 4.78 is 21.5. The molecule has 0 spiro atoms. The first-order chi connectivity index (χ1) is 15.8. The first-order valence-electron chi connectivity index (χ1n) is 10.3. The number of rotatable bonds is 9. The van der Waals surface area contributed by atoms with Crippen LogP contribution in [-0.4, -0.2) is 41.8 Å². The third kappa shape index (κ3) is 5.72. The van der Waals surface area contributed by atoms with E-state index in [0.29, 0.717) is 28.7 Å². The molecule has 1 atom stereocenters. The van der Waals surface area contributed by atoms with Gasteiger partial charge in [-0.2, -0.15) is 0 Å². The maximum atomic E-state index is 12.9. The molecule has 1 saturated heterocycles. The van der Waals surface area contributed by atoms with Gasteiger partial charge in [-0.1, -0.05) is 18.5 Å². The second-order valence-electron chi connectivity index (χ2n) is 7.13. The second-order valence-corrected chi connectivity index (χ2v) is 8.53. The molecule has 0 N–H and O–H groups in total. The smallest absolute Gasteiger partial charge is 0.373 e. The number of furan rings is 1. The van der Waals surface area contributed by atoms with Crippen molar-refractivity contribution in [2.45, 2.75) is 39.8 Å². The van der Waals surface area contributed by atoms with Crippen molar-refractivity contribution < 1.29 is 33.0 Å². The maximum Gasteiger partial charge on any atom is 0.373 e. The number of carbonyl (C=O) groups excluding carboxylic acids is 3. The lowest BCUT2D eigenvalue weighted by molar-refractivity contribution is -0.123. The average Bonchev–Trinajstić information content (AvgIpc) is 3.36. The monoisotopic (exact) mass is 493 g/mol. The van der Waals surface area contributed by atoms with E-state index < -0.39 is 17.1 Å². The zero-order chi connectivity index (χ0) is 24.1. The number of amides is 2. The van der Waals surface area contributed by atoms with Crippen LogP contribution in [-0.2, 0) is 16.1 Å². The first kappa shape index (κ1) is 24.7. The second kappa shape index (κ2) is 10.8. The van der Waals surface area contributed by atoms with Crippen molar-refractivity contribution in [3.05, 3.63) is 51.3 Å². The maximum absolute atomic E-state index is 12.9. The quantitative estimate of drug-likeness (QED) is 0.332. The van der Waals surface area contributed by atoms with Gasteiger partial charge in [0.25, 0.3) is 11.1 Å². The molecule has 1 aromatic carbocycles. The molecule has 0 radical (unpaired) electrons. The van der Waals surface area contributed by atoms with Gasteiger partial charge in [0.15, 0.2) is 11.5 Å². The van der Waals surface area contributed by atoms with Gasteiger partial charge < -0.3 is 18.6 Å². The molecule has 2 aromatic rings. The van der Waals surface area contributed by atoms with Gasteiger partial charge in [0.2, 0.25) is 5.76 Å². The number of thioether (sulfide) groups is 1. The molecular formula is C23H24ClNO7S. The van der Waals surface area contributed by atoms with E-state index >= 15 is 0 Å². The summed E-state index contributed by atoms with van der Waals surface area (Å²) in [6, 6.07) is 6.32. The zero-order valence-electron chi connectivity index (χ0n) is 18.7. The molecule has 1 fully saturated rings. The van der Waals surface area contributed by atoms with Crippen molar-refractivity contribution in [1.82, 2.24) is 4.90 Å². The third-order valence-corrected chi connectivity index (χ3v) is 5.95. The molecule has 1 aromatic heterocycles. The molecule has 0 bridgehead atoms. The molecule has 1 aliphatic heterocycles. The van der Waals surface area contributed by atoms with Crippen LogP contribution < -0.4 is 9.47 Å². The predicted molar refractivity (Wildman–Crippen MR) is 125 cm³/mol. The van der Waals surface area contributed by atoms with Crippen molar-refractivity contribution in [2.24, 2.45) is 0 Å². The molecule has 3 rings (SSSR count). The van der Waals surface area contributed by atoms with Crippen LogP contribution in [0.4, 0.5) is 4.79 Å². The highest BCUT2D eigenvalue weighted by molar-refractivity contribution is 8.18. The van der Waals surface area contributed by atoms with E-state index in [1.165, 1.54) is 19.2 Å². The van der Waals surface area contributed by atoms with E-state index in [-0.39, 0.29) is 29.1 Å². The Bertz CT molecular complexity index is 1090. The van der Waals surface area contributed by atoms with E-state index in [2.05, 4.69) is 4.74 Å². The first-order valence-corrected chi connectivity index (χ1v) is 11.5. The van der Waals surface area contributed by atoms with Gasteiger partial charge in [-0.15, -0.1) is 0 Å². The molecular weight excluding hydrogens is 470 g/mol. The molecule has 33 heavy (non-hydrogen) atoms. The molecule has 0 saturated carbocycles. The fourth-order valence-electron chi connectivity index (χ4n) is 2.95. The van der Waals surface area contributed by atoms with Crippen LogP contribution in [0.2, 0.25) is 5.02 Å². The van der Waals surface area contributed by atoms with E-state index in [1.807, 2.05) is 20.8 Å². The van der Waals surface area contributed by atoms with Gasteiger partial charge in [0.05, 0.1) is 36.3 Å². The number of nitrogens with zero attached hydrogens (tertiary/aromatic N) is 1. The van der Waals surface area contributed by atoms with Gasteiger partial charge in [0.1, 0.15) is 5.76 Å². The minimum Gasteiger partial charge on any atom is -0.490 e. The van der Waals surface area contributed by atoms with E-state index in [9.17, 15) is 14.4 Å². The van der Waals surface area contributed by atoms with Crippen LogP contribution in [0.15, 0.2) is 33.6 Å². The Hall–Kier alpha value is -2.91. The van der Waals surface area contributed by atoms with Crippen LogP contribution >= 0.6 is 23.4 Å². The van der Waals surface area contributed by atoms with Crippen molar-refractivity contribution >= 4 is 46.6 Å². The van der Waals surface area contributed by atoms with Crippen molar-refractivity contribution in [3.8, 4) is 11.5 Å². The largest absolute Gasteiger partial charge is 0.490 e. The lowest BCUT2D eigenvalue weighted by Gasteiger charge is -2.18. The Morgan fingerprint density at radius 1 is 1.27 bits per heavy atom. The topological polar surface area (TPSA) is 95.3 Å². The normalized spacial score (nSPS) is 15.8. The minimum absolute atomic E-state index is 0.00666. The molecule has 1 aliphatic rings. The number of benzene rings is 1. The Morgan fingerprint density at radius 2 is 2.03 bits per heavy atom. The van der Waals surface area contributed by atoms with Crippen LogP contribution in [0, 0.1) is 0 Å². The number of methoxy groups -OCH3 is 1. The van der Waals surface area contributed by atoms with Crippen LogP contribution in [0.25, 0.3) is 6.08 Å². The van der Waals surface area contributed by atoms with Crippen molar-refractivity contribution in [1.29, 1.82) is 0 Å². The summed E-state index contributed by atoms with van der Waals surface area (Å²) in [4.78, 5) is 38.1. The summed E-state index contributed by atoms with van der Waals surface area (Å²) >= 11 is 7.25. The Morgan fingerprint density at radius 3 is 2.70 bits per heavy atom. The summed E-state index contributed by atoms with van der Waals surface area (Å²) in [6.07, 6.45) is 2.33. The molecule has 176 valence electrons. The number of hydrogen-bond donors (Lipinski definition) is 0. The van der Waals surface area contributed by atoms with Gasteiger partial charge in [0, 0.05) is 0 Å². The van der Waals surface area contributed by atoms with Gasteiger partial charge in [-0.25, -0.2) is 4.79 Å². The highest BCUT2D eigenvalue weighted by atomic mass is 35.5. The Kier molecular flexibility index (Phi) is 8.10. The average molecular weight is 494 g/mol. The zero-order valence-corrected chi connectivity index (χ0v) is 20.2. The standard InChI is InChI=1S/C23H24ClNO7S/c1-5-13(3)31-20-16(24)9-14(10-18(20)30-6-2)11-19-21(26)25(23(28)33-19)12-15-7-8-17(32-15)22(27)29-4/h7-11,13H,5-6,12H2,1-4H3/b19-11+/t13-/m0/s1. The summed E-state index contributed by atoms with van der Waals surface area (Å²) in [6.45, 7) is 6.08. The lowest BCUT2D eigenvalue weighted by Crippen LogP contribution is -2.27. The van der Waals surface area contributed by atoms with Crippen LogP contribution in [0.1, 0.15) is 49.1 Å². The molecule has 8 nitrogen and oxygen atoms in total. The minimum atomic E-state index is -0.641. The van der Waals surface area contributed by atoms with Gasteiger partial charge >= 0.3 is 5.97 Å². The van der Waals surface area contributed by atoms with Crippen molar-refractivity contribution in [2.75, 3.05) is 13.7 Å². The summed E-state index contributed by atoms with van der Waals surface area (Å²) in [7, 11) is 1.23. The molecule has 0 unspecified atom stereocenters. The number of carbonyl (C=O) groups is 3. The summed E-state index contributed by atoms with van der Waals surface area (Å²) in [5, 5.41) is -0.104. The number of ether oxygens (including phenoxy) is 3. The molecule has 2 amide bonds. The summed E-state index contributed by atoms with van der Waals surface area (Å²) in [5.41, 5.74) is 0.594. The Balaban J connectivity index is 1.83. The molecule has 2 heterocycles. The fraction of sp³-hybridized carbons (Fsp3) is 0.348. The number of esters is 1.